The lowest BCUT2D eigenvalue weighted by atomic mass is 10.1. The first kappa shape index (κ1) is 7.42. The second-order valence-corrected chi connectivity index (χ2v) is 2.44. The minimum atomic E-state index is 1.20. The van der Waals surface area contributed by atoms with Gasteiger partial charge in [-0.1, -0.05) is 30.3 Å². The fraction of sp³-hybridized carbons (Fsp3) is 0.111. The highest BCUT2D eigenvalue weighted by Crippen LogP contribution is 2.12. The second-order valence-electron chi connectivity index (χ2n) is 2.18. The molecule has 0 amide bonds. The molecule has 1 heteroatoms. The van der Waals surface area contributed by atoms with E-state index in [1.807, 2.05) is 30.5 Å². The van der Waals surface area contributed by atoms with Gasteiger partial charge >= 0.3 is 0 Å². The summed E-state index contributed by atoms with van der Waals surface area (Å²) in [6.07, 6.45) is 0. The van der Waals surface area contributed by atoms with Gasteiger partial charge in [0.15, 0.2) is 0 Å². The molecule has 0 aliphatic rings. The maximum absolute atomic E-state index is 4.06. The van der Waals surface area contributed by atoms with E-state index in [2.05, 4.69) is 24.8 Å². The van der Waals surface area contributed by atoms with Crippen LogP contribution < -0.4 is 0 Å². The van der Waals surface area contributed by atoms with Crippen LogP contribution in [0.15, 0.2) is 35.7 Å². The van der Waals surface area contributed by atoms with Gasteiger partial charge in [-0.3, -0.25) is 0 Å². The van der Waals surface area contributed by atoms with Crippen molar-refractivity contribution < 1.29 is 0 Å². The molecule has 0 fully saturated rings. The van der Waals surface area contributed by atoms with Crippen LogP contribution in [0.1, 0.15) is 12.5 Å². The molecule has 0 unspecified atom stereocenters. The van der Waals surface area contributed by atoms with Crippen LogP contribution in [0.4, 0.5) is 0 Å². The monoisotopic (exact) mass is 150 g/mol. The summed E-state index contributed by atoms with van der Waals surface area (Å²) in [4.78, 5) is 0. The fourth-order valence-corrected chi connectivity index (χ4v) is 0.925. The zero-order valence-corrected chi connectivity index (χ0v) is 6.81. The molecule has 0 nitrogen and oxygen atoms in total. The molecule has 0 bridgehead atoms. The molecule has 1 aromatic rings. The standard InChI is InChI=1S/C9H10S/c1-8(7-10)9-5-3-2-4-6-9/h2-7,10H,1H3/b8-7+. The summed E-state index contributed by atoms with van der Waals surface area (Å²) in [5.41, 5.74) is 2.43. The number of benzene rings is 1. The van der Waals surface area contributed by atoms with Crippen LogP contribution in [0.5, 0.6) is 0 Å². The van der Waals surface area contributed by atoms with E-state index in [1.165, 1.54) is 11.1 Å². The molecule has 52 valence electrons. The molecule has 0 saturated carbocycles. The number of thiol groups is 1. The van der Waals surface area contributed by atoms with E-state index in [4.69, 9.17) is 0 Å². The lowest BCUT2D eigenvalue weighted by Gasteiger charge is -1.96. The molecule has 0 N–H and O–H groups in total. The van der Waals surface area contributed by atoms with Gasteiger partial charge in [0.1, 0.15) is 0 Å². The summed E-state index contributed by atoms with van der Waals surface area (Å²) in [7, 11) is 0. The number of hydrogen-bond acceptors (Lipinski definition) is 1. The quantitative estimate of drug-likeness (QED) is 0.584. The molecule has 0 aliphatic heterocycles. The van der Waals surface area contributed by atoms with Crippen molar-refractivity contribution in [2.75, 3.05) is 0 Å². The smallest absolute Gasteiger partial charge is 0.0222 e. The van der Waals surface area contributed by atoms with Crippen molar-refractivity contribution in [3.05, 3.63) is 41.3 Å². The molecule has 0 heterocycles. The Morgan fingerprint density at radius 2 is 1.90 bits per heavy atom. The number of rotatable bonds is 1. The SMILES string of the molecule is C/C(=C\S)c1ccccc1. The Morgan fingerprint density at radius 3 is 2.40 bits per heavy atom. The van der Waals surface area contributed by atoms with Gasteiger partial charge in [0.2, 0.25) is 0 Å². The van der Waals surface area contributed by atoms with Crippen molar-refractivity contribution in [3.63, 3.8) is 0 Å². The largest absolute Gasteiger partial charge is 0.151 e. The average molecular weight is 150 g/mol. The van der Waals surface area contributed by atoms with Gasteiger partial charge in [0, 0.05) is 0 Å². The third-order valence-corrected chi connectivity index (χ3v) is 1.81. The van der Waals surface area contributed by atoms with Crippen molar-refractivity contribution in [2.45, 2.75) is 6.92 Å². The van der Waals surface area contributed by atoms with Crippen molar-refractivity contribution in [1.29, 1.82) is 0 Å². The lowest BCUT2D eigenvalue weighted by molar-refractivity contribution is 1.58. The van der Waals surface area contributed by atoms with Gasteiger partial charge in [-0.2, -0.15) is 12.6 Å². The van der Waals surface area contributed by atoms with E-state index in [9.17, 15) is 0 Å². The van der Waals surface area contributed by atoms with E-state index in [0.29, 0.717) is 0 Å². The minimum absolute atomic E-state index is 1.20. The molecule has 0 atom stereocenters. The summed E-state index contributed by atoms with van der Waals surface area (Å²) < 4.78 is 0. The molecule has 0 aromatic heterocycles. The van der Waals surface area contributed by atoms with E-state index in [-0.39, 0.29) is 0 Å². The Hall–Kier alpha value is -0.690. The molecule has 1 rings (SSSR count). The zero-order valence-electron chi connectivity index (χ0n) is 5.91. The van der Waals surface area contributed by atoms with E-state index < -0.39 is 0 Å². The van der Waals surface area contributed by atoms with Crippen LogP contribution >= 0.6 is 12.6 Å². The van der Waals surface area contributed by atoms with Gasteiger partial charge in [0.25, 0.3) is 0 Å². The summed E-state index contributed by atoms with van der Waals surface area (Å²) >= 11 is 4.06. The third-order valence-electron chi connectivity index (χ3n) is 1.42. The van der Waals surface area contributed by atoms with Gasteiger partial charge < -0.3 is 0 Å². The molecular weight excluding hydrogens is 140 g/mol. The topological polar surface area (TPSA) is 0 Å². The van der Waals surface area contributed by atoms with Crippen LogP contribution in [-0.2, 0) is 0 Å². The van der Waals surface area contributed by atoms with Crippen LogP contribution in [0.3, 0.4) is 0 Å². The number of hydrogen-bond donors (Lipinski definition) is 1. The summed E-state index contributed by atoms with van der Waals surface area (Å²) in [5, 5.41) is 1.81. The van der Waals surface area contributed by atoms with E-state index in [0.717, 1.165) is 0 Å². The second kappa shape index (κ2) is 3.47. The Balaban J connectivity index is 2.96. The predicted octanol–water partition coefficient (Wildman–Crippen LogP) is 2.98. The van der Waals surface area contributed by atoms with Gasteiger partial charge in [0.05, 0.1) is 0 Å². The first-order chi connectivity index (χ1) is 4.84. The van der Waals surface area contributed by atoms with E-state index >= 15 is 0 Å². The highest BCUT2D eigenvalue weighted by atomic mass is 32.1. The minimum Gasteiger partial charge on any atom is -0.151 e. The summed E-state index contributed by atoms with van der Waals surface area (Å²) in [6.45, 7) is 2.04. The van der Waals surface area contributed by atoms with Crippen LogP contribution in [0, 0.1) is 0 Å². The Labute approximate surface area is 67.0 Å². The maximum Gasteiger partial charge on any atom is -0.0222 e. The van der Waals surface area contributed by atoms with Crippen LogP contribution in [0.25, 0.3) is 5.57 Å². The Bertz CT molecular complexity index is 224. The average Bonchev–Trinajstić information content (AvgIpc) is 2.05. The normalized spacial score (nSPS) is 11.6. The van der Waals surface area contributed by atoms with Gasteiger partial charge in [-0.15, -0.1) is 0 Å². The third kappa shape index (κ3) is 1.64. The van der Waals surface area contributed by atoms with Gasteiger partial charge in [-0.25, -0.2) is 0 Å². The first-order valence-corrected chi connectivity index (χ1v) is 3.72. The fourth-order valence-electron chi connectivity index (χ4n) is 0.776. The number of allylic oxidation sites excluding steroid dienone is 1. The molecule has 0 aliphatic carbocycles. The zero-order chi connectivity index (χ0) is 7.40. The van der Waals surface area contributed by atoms with Crippen molar-refractivity contribution in [2.24, 2.45) is 0 Å². The summed E-state index contributed by atoms with van der Waals surface area (Å²) in [5.74, 6) is 0. The predicted molar refractivity (Wildman–Crippen MR) is 49.1 cm³/mol. The molecule has 0 radical (unpaired) electrons. The Morgan fingerprint density at radius 1 is 1.30 bits per heavy atom. The lowest BCUT2D eigenvalue weighted by Crippen LogP contribution is -1.74. The molecule has 1 aromatic carbocycles. The molecular formula is C9H10S. The van der Waals surface area contributed by atoms with Crippen molar-refractivity contribution in [3.8, 4) is 0 Å². The van der Waals surface area contributed by atoms with Gasteiger partial charge in [-0.05, 0) is 23.5 Å². The first-order valence-electron chi connectivity index (χ1n) is 3.21. The highest BCUT2D eigenvalue weighted by Gasteiger charge is 1.89. The summed E-state index contributed by atoms with van der Waals surface area (Å²) in [6, 6.07) is 10.2. The van der Waals surface area contributed by atoms with Crippen molar-refractivity contribution >= 4 is 18.2 Å². The molecule has 0 saturated heterocycles. The molecule has 0 spiro atoms. The van der Waals surface area contributed by atoms with Crippen LogP contribution in [-0.4, -0.2) is 0 Å². The Kier molecular flexibility index (Phi) is 2.57. The van der Waals surface area contributed by atoms with E-state index in [1.54, 1.807) is 0 Å². The van der Waals surface area contributed by atoms with Crippen LogP contribution in [0.2, 0.25) is 0 Å². The van der Waals surface area contributed by atoms with Crippen molar-refractivity contribution in [1.82, 2.24) is 0 Å². The maximum atomic E-state index is 4.06. The molecule has 10 heavy (non-hydrogen) atoms. The highest BCUT2D eigenvalue weighted by molar-refractivity contribution is 7.83.